The molecule has 1 aromatic carbocycles. The Balaban J connectivity index is 1.52. The maximum absolute atomic E-state index is 12.4. The number of nitrogens with two attached hydrogens (primary N) is 1. The van der Waals surface area contributed by atoms with Crippen molar-refractivity contribution >= 4 is 23.5 Å². The third kappa shape index (κ3) is 6.86. The summed E-state index contributed by atoms with van der Waals surface area (Å²) in [5.74, 6) is 1.44. The van der Waals surface area contributed by atoms with Crippen molar-refractivity contribution in [1.29, 1.82) is 0 Å². The Labute approximate surface area is 183 Å². The molecule has 1 aromatic heterocycles. The molecule has 0 bridgehead atoms. The molecule has 1 aliphatic heterocycles. The number of ether oxygens (including phenoxy) is 1. The Kier molecular flexibility index (Phi) is 8.54. The van der Waals surface area contributed by atoms with E-state index in [1.165, 1.54) is 0 Å². The number of aromatic nitrogens is 3. The van der Waals surface area contributed by atoms with Gasteiger partial charge in [-0.25, -0.2) is 0 Å². The highest BCUT2D eigenvalue weighted by atomic mass is 16.5. The van der Waals surface area contributed by atoms with Crippen molar-refractivity contribution in [3.05, 3.63) is 36.2 Å². The molecule has 1 amide bonds. The lowest BCUT2D eigenvalue weighted by Crippen LogP contribution is -2.42. The summed E-state index contributed by atoms with van der Waals surface area (Å²) < 4.78 is 5.31. The number of hydrogen-bond acceptors (Lipinski definition) is 8. The summed E-state index contributed by atoms with van der Waals surface area (Å²) in [6, 6.07) is 9.69. The zero-order valence-electron chi connectivity index (χ0n) is 18.4. The van der Waals surface area contributed by atoms with Crippen molar-refractivity contribution in [2.75, 3.05) is 43.9 Å². The second kappa shape index (κ2) is 11.6. The minimum absolute atomic E-state index is 0.0168. The van der Waals surface area contributed by atoms with E-state index in [1.807, 2.05) is 37.3 Å². The summed E-state index contributed by atoms with van der Waals surface area (Å²) in [6.07, 6.45) is 2.48. The van der Waals surface area contributed by atoms with E-state index >= 15 is 0 Å². The minimum Gasteiger partial charge on any atom is -0.382 e. The number of para-hydroxylation sites is 1. The van der Waals surface area contributed by atoms with Crippen molar-refractivity contribution < 1.29 is 9.53 Å². The van der Waals surface area contributed by atoms with Crippen molar-refractivity contribution in [2.24, 2.45) is 5.92 Å². The van der Waals surface area contributed by atoms with Crippen LogP contribution in [-0.2, 0) is 9.53 Å². The van der Waals surface area contributed by atoms with Crippen LogP contribution in [-0.4, -0.2) is 58.6 Å². The normalized spacial score (nSPS) is 16.1. The first-order valence-corrected chi connectivity index (χ1v) is 11.0. The molecular formula is C22H33N7O2. The molecule has 1 saturated heterocycles. The van der Waals surface area contributed by atoms with Crippen LogP contribution in [0.3, 0.4) is 0 Å². The topological polar surface area (TPSA) is 118 Å². The van der Waals surface area contributed by atoms with Crippen LogP contribution >= 0.6 is 0 Å². The van der Waals surface area contributed by atoms with Crippen LogP contribution in [0.25, 0.3) is 0 Å². The fraction of sp³-hybridized carbons (Fsp3) is 0.545. The molecule has 0 radical (unpaired) electrons. The highest BCUT2D eigenvalue weighted by molar-refractivity contribution is 5.78. The van der Waals surface area contributed by atoms with Gasteiger partial charge in [-0.15, -0.1) is 0 Å². The number of anilines is 3. The van der Waals surface area contributed by atoms with Gasteiger partial charge in [0.1, 0.15) is 0 Å². The Hall–Kier alpha value is -2.78. The first-order valence-electron chi connectivity index (χ1n) is 11.0. The lowest BCUT2D eigenvalue weighted by atomic mass is 9.95. The minimum atomic E-state index is -0.0168. The highest BCUT2D eigenvalue weighted by Crippen LogP contribution is 2.26. The van der Waals surface area contributed by atoms with Crippen molar-refractivity contribution in [3.63, 3.8) is 0 Å². The zero-order valence-corrected chi connectivity index (χ0v) is 18.4. The van der Waals surface area contributed by atoms with Crippen LogP contribution in [0.1, 0.15) is 45.0 Å². The Morgan fingerprint density at radius 1 is 1.23 bits per heavy atom. The molecule has 31 heavy (non-hydrogen) atoms. The van der Waals surface area contributed by atoms with Gasteiger partial charge in [0.25, 0.3) is 0 Å². The third-order valence-electron chi connectivity index (χ3n) is 5.49. The van der Waals surface area contributed by atoms with Gasteiger partial charge in [0.15, 0.2) is 5.82 Å². The maximum atomic E-state index is 12.4. The Morgan fingerprint density at radius 2 is 1.97 bits per heavy atom. The first kappa shape index (κ1) is 22.9. The summed E-state index contributed by atoms with van der Waals surface area (Å²) >= 11 is 0. The molecule has 9 heteroatoms. The van der Waals surface area contributed by atoms with Gasteiger partial charge >= 0.3 is 0 Å². The van der Waals surface area contributed by atoms with Crippen molar-refractivity contribution in [3.8, 4) is 0 Å². The summed E-state index contributed by atoms with van der Waals surface area (Å²) in [4.78, 5) is 27.8. The summed E-state index contributed by atoms with van der Waals surface area (Å²) in [6.45, 7) is 7.71. The van der Waals surface area contributed by atoms with E-state index in [-0.39, 0.29) is 23.8 Å². The van der Waals surface area contributed by atoms with Crippen molar-refractivity contribution in [2.45, 2.75) is 39.2 Å². The maximum Gasteiger partial charge on any atom is 0.232 e. The fourth-order valence-corrected chi connectivity index (χ4v) is 3.69. The van der Waals surface area contributed by atoms with E-state index in [4.69, 9.17) is 10.5 Å². The van der Waals surface area contributed by atoms with Gasteiger partial charge in [-0.2, -0.15) is 15.0 Å². The van der Waals surface area contributed by atoms with E-state index < -0.39 is 0 Å². The SMILES string of the molecule is CCOCCCNC(=O)C1CCN(C(C)c2nc(N)nc(Nc3ccccc3)n2)CC1. The second-order valence-corrected chi connectivity index (χ2v) is 7.69. The fourth-order valence-electron chi connectivity index (χ4n) is 3.69. The molecule has 3 rings (SSSR count). The van der Waals surface area contributed by atoms with Crippen LogP contribution in [0.2, 0.25) is 0 Å². The number of nitrogen functional groups attached to an aromatic ring is 1. The first-order chi connectivity index (χ1) is 15.1. The van der Waals surface area contributed by atoms with Gasteiger partial charge in [-0.1, -0.05) is 18.2 Å². The lowest BCUT2D eigenvalue weighted by Gasteiger charge is -2.34. The Bertz CT molecular complexity index is 826. The van der Waals surface area contributed by atoms with Crippen LogP contribution < -0.4 is 16.4 Å². The molecule has 1 unspecified atom stereocenters. The monoisotopic (exact) mass is 427 g/mol. The van der Waals surface area contributed by atoms with Gasteiger partial charge in [0.2, 0.25) is 17.8 Å². The Morgan fingerprint density at radius 3 is 2.68 bits per heavy atom. The molecule has 1 fully saturated rings. The molecule has 9 nitrogen and oxygen atoms in total. The predicted octanol–water partition coefficient (Wildman–Crippen LogP) is 2.51. The van der Waals surface area contributed by atoms with Crippen LogP contribution in [0.4, 0.5) is 17.6 Å². The smallest absolute Gasteiger partial charge is 0.232 e. The van der Waals surface area contributed by atoms with E-state index in [0.29, 0.717) is 31.5 Å². The number of hydrogen-bond donors (Lipinski definition) is 3. The molecular weight excluding hydrogens is 394 g/mol. The van der Waals surface area contributed by atoms with Gasteiger partial charge in [-0.05, 0) is 58.3 Å². The molecule has 2 heterocycles. The van der Waals surface area contributed by atoms with Gasteiger partial charge in [-0.3, -0.25) is 9.69 Å². The molecule has 2 aromatic rings. The van der Waals surface area contributed by atoms with E-state index in [2.05, 4.69) is 37.4 Å². The molecule has 1 aliphatic rings. The highest BCUT2D eigenvalue weighted by Gasteiger charge is 2.29. The molecule has 0 spiro atoms. The van der Waals surface area contributed by atoms with Crippen LogP contribution in [0, 0.1) is 5.92 Å². The lowest BCUT2D eigenvalue weighted by molar-refractivity contribution is -0.126. The predicted molar refractivity (Wildman–Crippen MR) is 121 cm³/mol. The molecule has 0 saturated carbocycles. The van der Waals surface area contributed by atoms with E-state index in [9.17, 15) is 4.79 Å². The number of amides is 1. The average molecular weight is 428 g/mol. The number of nitrogens with zero attached hydrogens (tertiary/aromatic N) is 4. The molecule has 0 aliphatic carbocycles. The third-order valence-corrected chi connectivity index (χ3v) is 5.49. The summed E-state index contributed by atoms with van der Waals surface area (Å²) in [7, 11) is 0. The number of carbonyl (C=O) groups is 1. The zero-order chi connectivity index (χ0) is 22.1. The van der Waals surface area contributed by atoms with Gasteiger partial charge < -0.3 is 21.1 Å². The molecule has 4 N–H and O–H groups in total. The molecule has 168 valence electrons. The van der Waals surface area contributed by atoms with Crippen LogP contribution in [0.15, 0.2) is 30.3 Å². The van der Waals surface area contributed by atoms with Crippen molar-refractivity contribution in [1.82, 2.24) is 25.2 Å². The second-order valence-electron chi connectivity index (χ2n) is 7.69. The summed E-state index contributed by atoms with van der Waals surface area (Å²) in [5.41, 5.74) is 6.83. The standard InChI is InChI=1S/C22H33N7O2/c1-3-31-15-7-12-24-20(30)17-10-13-29(14-11-17)16(2)19-26-21(23)28-22(27-19)25-18-8-5-4-6-9-18/h4-6,8-9,16-17H,3,7,10-15H2,1-2H3,(H,24,30)(H3,23,25,26,27,28). The number of carbonyl (C=O) groups excluding carboxylic acids is 1. The summed E-state index contributed by atoms with van der Waals surface area (Å²) in [5, 5.41) is 6.20. The van der Waals surface area contributed by atoms with Crippen LogP contribution in [0.5, 0.6) is 0 Å². The quantitative estimate of drug-likeness (QED) is 0.495. The van der Waals surface area contributed by atoms with Gasteiger partial charge in [0, 0.05) is 31.4 Å². The number of rotatable bonds is 10. The number of nitrogens with one attached hydrogen (secondary N) is 2. The van der Waals surface area contributed by atoms with Gasteiger partial charge in [0.05, 0.1) is 6.04 Å². The van der Waals surface area contributed by atoms with E-state index in [0.717, 1.165) is 38.0 Å². The number of likely N-dealkylation sites (tertiary alicyclic amines) is 1. The largest absolute Gasteiger partial charge is 0.382 e. The number of piperidine rings is 1. The molecule has 1 atom stereocenters. The number of benzene rings is 1. The van der Waals surface area contributed by atoms with E-state index in [1.54, 1.807) is 0 Å². The average Bonchev–Trinajstić information content (AvgIpc) is 2.78.